The average molecular weight is 256 g/mol. The highest BCUT2D eigenvalue weighted by Crippen LogP contribution is 2.23. The van der Waals surface area contributed by atoms with E-state index in [0.717, 1.165) is 5.56 Å². The topological polar surface area (TPSA) is 66.9 Å². The van der Waals surface area contributed by atoms with Crippen LogP contribution in [0.15, 0.2) is 52.3 Å². The van der Waals surface area contributed by atoms with Crippen LogP contribution in [0.3, 0.4) is 0 Å². The molecule has 0 bridgehead atoms. The first-order chi connectivity index (χ1) is 8.63. The molecule has 0 heterocycles. The van der Waals surface area contributed by atoms with E-state index < -0.39 is 10.8 Å². The molecule has 4 heteroatoms. The molecule has 0 aliphatic carbocycles. The predicted molar refractivity (Wildman–Crippen MR) is 71.4 cm³/mol. The Bertz CT molecular complexity index is 642. The highest BCUT2D eigenvalue weighted by atomic mass is 32.2. The van der Waals surface area contributed by atoms with Crippen LogP contribution in [0.4, 0.5) is 5.69 Å². The molecule has 0 fully saturated rings. The third kappa shape index (κ3) is 2.27. The number of anilines is 1. The van der Waals surface area contributed by atoms with Gasteiger partial charge in [0, 0.05) is 4.90 Å². The summed E-state index contributed by atoms with van der Waals surface area (Å²) < 4.78 is 12.4. The van der Waals surface area contributed by atoms with Gasteiger partial charge < -0.3 is 5.73 Å². The molecule has 90 valence electrons. The van der Waals surface area contributed by atoms with E-state index in [0.29, 0.717) is 15.5 Å². The zero-order chi connectivity index (χ0) is 13.1. The van der Waals surface area contributed by atoms with Crippen molar-refractivity contribution in [3.05, 3.63) is 53.6 Å². The summed E-state index contributed by atoms with van der Waals surface area (Å²) >= 11 is 0. The number of nitriles is 1. The maximum atomic E-state index is 12.4. The van der Waals surface area contributed by atoms with Gasteiger partial charge in [0.05, 0.1) is 26.9 Å². The van der Waals surface area contributed by atoms with Gasteiger partial charge in [0.25, 0.3) is 0 Å². The van der Waals surface area contributed by atoms with Crippen molar-refractivity contribution in [2.45, 2.75) is 16.7 Å². The molecule has 0 saturated carbocycles. The van der Waals surface area contributed by atoms with E-state index in [2.05, 4.69) is 0 Å². The normalized spacial score (nSPS) is 11.8. The van der Waals surface area contributed by atoms with Crippen molar-refractivity contribution in [2.24, 2.45) is 0 Å². The molecular formula is C14H12N2OS. The molecule has 0 aliphatic rings. The van der Waals surface area contributed by atoms with Crippen molar-refractivity contribution in [1.82, 2.24) is 0 Å². The highest BCUT2D eigenvalue weighted by molar-refractivity contribution is 7.85. The third-order valence-corrected chi connectivity index (χ3v) is 4.05. The number of nitrogens with two attached hydrogens (primary N) is 1. The van der Waals surface area contributed by atoms with Gasteiger partial charge in [-0.05, 0) is 31.2 Å². The SMILES string of the molecule is Cc1ccc([S@@](=O)c2cccc(N)c2C#N)cc1. The molecule has 1 atom stereocenters. The Morgan fingerprint density at radius 2 is 1.83 bits per heavy atom. The van der Waals surface area contributed by atoms with Crippen LogP contribution in [0.5, 0.6) is 0 Å². The minimum Gasteiger partial charge on any atom is -0.398 e. The van der Waals surface area contributed by atoms with Gasteiger partial charge in [-0.15, -0.1) is 0 Å². The predicted octanol–water partition coefficient (Wildman–Crippen LogP) is 2.62. The van der Waals surface area contributed by atoms with Crippen LogP contribution in [-0.2, 0) is 10.8 Å². The van der Waals surface area contributed by atoms with Gasteiger partial charge in [-0.1, -0.05) is 23.8 Å². The molecule has 2 aromatic carbocycles. The molecule has 0 amide bonds. The van der Waals surface area contributed by atoms with E-state index in [1.54, 1.807) is 30.3 Å². The second kappa shape index (κ2) is 5.03. The fraction of sp³-hybridized carbons (Fsp3) is 0.0714. The lowest BCUT2D eigenvalue weighted by Crippen LogP contribution is -2.00. The molecular weight excluding hydrogens is 244 g/mol. The fourth-order valence-corrected chi connectivity index (χ4v) is 2.80. The number of nitrogens with zero attached hydrogens (tertiary/aromatic N) is 1. The lowest BCUT2D eigenvalue weighted by atomic mass is 10.2. The molecule has 2 aromatic rings. The molecule has 2 rings (SSSR count). The summed E-state index contributed by atoms with van der Waals surface area (Å²) in [5.41, 5.74) is 7.46. The summed E-state index contributed by atoms with van der Waals surface area (Å²) in [4.78, 5) is 1.13. The number of hydrogen-bond acceptors (Lipinski definition) is 3. The maximum absolute atomic E-state index is 12.4. The first-order valence-electron chi connectivity index (χ1n) is 5.40. The summed E-state index contributed by atoms with van der Waals surface area (Å²) in [5, 5.41) is 9.07. The minimum atomic E-state index is -1.38. The molecule has 0 radical (unpaired) electrons. The smallest absolute Gasteiger partial charge is 0.103 e. The molecule has 0 spiro atoms. The number of rotatable bonds is 2. The first kappa shape index (κ1) is 12.3. The van der Waals surface area contributed by atoms with Crippen molar-refractivity contribution in [2.75, 3.05) is 5.73 Å². The zero-order valence-corrected chi connectivity index (χ0v) is 10.7. The van der Waals surface area contributed by atoms with Gasteiger partial charge >= 0.3 is 0 Å². The molecule has 0 aliphatic heterocycles. The number of aryl methyl sites for hydroxylation is 1. The van der Waals surface area contributed by atoms with Gasteiger partial charge in [-0.25, -0.2) is 4.21 Å². The Kier molecular flexibility index (Phi) is 3.45. The van der Waals surface area contributed by atoms with Crippen molar-refractivity contribution >= 4 is 16.5 Å². The molecule has 3 nitrogen and oxygen atoms in total. The lowest BCUT2D eigenvalue weighted by molar-refractivity contribution is 0.683. The van der Waals surface area contributed by atoms with Crippen LogP contribution in [0.2, 0.25) is 0 Å². The van der Waals surface area contributed by atoms with Gasteiger partial charge in [0.15, 0.2) is 0 Å². The van der Waals surface area contributed by atoms with E-state index in [4.69, 9.17) is 11.0 Å². The van der Waals surface area contributed by atoms with Gasteiger partial charge in [0.2, 0.25) is 0 Å². The monoisotopic (exact) mass is 256 g/mol. The highest BCUT2D eigenvalue weighted by Gasteiger charge is 2.13. The second-order valence-electron chi connectivity index (χ2n) is 3.91. The van der Waals surface area contributed by atoms with Crippen LogP contribution >= 0.6 is 0 Å². The van der Waals surface area contributed by atoms with E-state index >= 15 is 0 Å². The molecule has 18 heavy (non-hydrogen) atoms. The quantitative estimate of drug-likeness (QED) is 0.840. The number of nitrogen functional groups attached to an aromatic ring is 1. The second-order valence-corrected chi connectivity index (χ2v) is 5.36. The summed E-state index contributed by atoms with van der Waals surface area (Å²) in [7, 11) is -1.38. The number of hydrogen-bond donors (Lipinski definition) is 1. The van der Waals surface area contributed by atoms with Gasteiger partial charge in [-0.2, -0.15) is 5.26 Å². The summed E-state index contributed by atoms with van der Waals surface area (Å²) in [5.74, 6) is 0. The van der Waals surface area contributed by atoms with Crippen LogP contribution in [0, 0.1) is 18.3 Å². The van der Waals surface area contributed by atoms with Crippen molar-refractivity contribution in [3.8, 4) is 6.07 Å². The first-order valence-corrected chi connectivity index (χ1v) is 6.55. The minimum absolute atomic E-state index is 0.288. The summed E-state index contributed by atoms with van der Waals surface area (Å²) in [6.07, 6.45) is 0. The van der Waals surface area contributed by atoms with Crippen LogP contribution < -0.4 is 5.73 Å². The van der Waals surface area contributed by atoms with Crippen LogP contribution in [0.1, 0.15) is 11.1 Å². The molecule has 2 N–H and O–H groups in total. The van der Waals surface area contributed by atoms with E-state index in [1.807, 2.05) is 25.1 Å². The summed E-state index contributed by atoms with van der Waals surface area (Å²) in [6, 6.07) is 14.4. The van der Waals surface area contributed by atoms with Crippen molar-refractivity contribution in [1.29, 1.82) is 5.26 Å². The largest absolute Gasteiger partial charge is 0.398 e. The Hall–Kier alpha value is -2.12. The van der Waals surface area contributed by atoms with Crippen LogP contribution in [-0.4, -0.2) is 4.21 Å². The fourth-order valence-electron chi connectivity index (χ4n) is 1.61. The Morgan fingerprint density at radius 3 is 2.44 bits per heavy atom. The lowest BCUT2D eigenvalue weighted by Gasteiger charge is -2.06. The molecule has 0 aromatic heterocycles. The zero-order valence-electron chi connectivity index (χ0n) is 9.88. The van der Waals surface area contributed by atoms with E-state index in [1.165, 1.54) is 0 Å². The van der Waals surface area contributed by atoms with E-state index in [9.17, 15) is 4.21 Å². The third-order valence-electron chi connectivity index (χ3n) is 2.61. The van der Waals surface area contributed by atoms with E-state index in [-0.39, 0.29) is 5.56 Å². The maximum Gasteiger partial charge on any atom is 0.103 e. The Labute approximate surface area is 108 Å². The average Bonchev–Trinajstić information content (AvgIpc) is 2.38. The number of benzene rings is 2. The standard InChI is InChI=1S/C14H12N2OS/c1-10-5-7-11(8-6-10)18(17)14-4-2-3-13(16)12(14)9-15/h2-8H,16H2,1H3/t18-/m1/s1. The summed E-state index contributed by atoms with van der Waals surface area (Å²) in [6.45, 7) is 1.97. The van der Waals surface area contributed by atoms with Crippen molar-refractivity contribution < 1.29 is 4.21 Å². The van der Waals surface area contributed by atoms with Crippen molar-refractivity contribution in [3.63, 3.8) is 0 Å². The van der Waals surface area contributed by atoms with Gasteiger partial charge in [0.1, 0.15) is 6.07 Å². The van der Waals surface area contributed by atoms with Crippen LogP contribution in [0.25, 0.3) is 0 Å². The Balaban J connectivity index is 2.50. The molecule has 0 unspecified atom stereocenters. The van der Waals surface area contributed by atoms with Gasteiger partial charge in [-0.3, -0.25) is 0 Å². The Morgan fingerprint density at radius 1 is 1.17 bits per heavy atom. The molecule has 0 saturated heterocycles.